The van der Waals surface area contributed by atoms with Gasteiger partial charge < -0.3 is 9.84 Å². The van der Waals surface area contributed by atoms with Crippen LogP contribution >= 0.6 is 23.1 Å². The molecule has 0 amide bonds. The van der Waals surface area contributed by atoms with Gasteiger partial charge in [-0.25, -0.2) is 19.6 Å². The van der Waals surface area contributed by atoms with Crippen LogP contribution in [-0.2, 0) is 4.74 Å². The summed E-state index contributed by atoms with van der Waals surface area (Å²) in [6, 6.07) is 3.12. The monoisotopic (exact) mass is 310 g/mol. The van der Waals surface area contributed by atoms with Crippen LogP contribution in [0.3, 0.4) is 0 Å². The van der Waals surface area contributed by atoms with Crippen molar-refractivity contribution in [3.63, 3.8) is 0 Å². The second kappa shape index (κ2) is 6.02. The molecule has 8 heteroatoms. The number of carboxylic acids is 1. The largest absolute Gasteiger partial charge is 0.477 e. The molecule has 0 atom stereocenters. The molecule has 20 heavy (non-hydrogen) atoms. The zero-order chi connectivity index (χ0) is 14.7. The Morgan fingerprint density at radius 3 is 2.80 bits per heavy atom. The Morgan fingerprint density at radius 1 is 1.45 bits per heavy atom. The van der Waals surface area contributed by atoms with E-state index in [4.69, 9.17) is 5.11 Å². The van der Waals surface area contributed by atoms with Crippen LogP contribution in [0.4, 0.5) is 0 Å². The summed E-state index contributed by atoms with van der Waals surface area (Å²) in [5, 5.41) is 9.53. The molecule has 0 fully saturated rings. The zero-order valence-electron chi connectivity index (χ0n) is 10.6. The van der Waals surface area contributed by atoms with E-state index < -0.39 is 11.9 Å². The van der Waals surface area contributed by atoms with Gasteiger partial charge in [0.15, 0.2) is 4.34 Å². The number of thiazole rings is 1. The number of carbonyl (C=O) groups is 2. The van der Waals surface area contributed by atoms with Gasteiger partial charge in [-0.3, -0.25) is 0 Å². The maximum Gasteiger partial charge on any atom is 0.347 e. The lowest BCUT2D eigenvalue weighted by Gasteiger charge is -2.00. The van der Waals surface area contributed by atoms with Crippen molar-refractivity contribution in [2.45, 2.75) is 16.3 Å². The second-order valence-electron chi connectivity index (χ2n) is 3.68. The summed E-state index contributed by atoms with van der Waals surface area (Å²) in [4.78, 5) is 30.9. The number of carboxylic acid groups (broad SMARTS) is 1. The van der Waals surface area contributed by atoms with Crippen molar-refractivity contribution in [2.24, 2.45) is 0 Å². The summed E-state index contributed by atoms with van der Waals surface area (Å²) in [6.45, 7) is 1.64. The lowest BCUT2D eigenvalue weighted by atomic mass is 10.3. The number of nitrogens with zero attached hydrogens (tertiary/aromatic N) is 2. The predicted molar refractivity (Wildman–Crippen MR) is 73.5 cm³/mol. The third-order valence-corrected chi connectivity index (χ3v) is 4.46. The van der Waals surface area contributed by atoms with Crippen LogP contribution in [0.1, 0.15) is 25.7 Å². The van der Waals surface area contributed by atoms with Gasteiger partial charge in [0.25, 0.3) is 0 Å². The predicted octanol–water partition coefficient (Wildman–Crippen LogP) is 2.48. The van der Waals surface area contributed by atoms with E-state index in [1.54, 1.807) is 19.1 Å². The topological polar surface area (TPSA) is 89.4 Å². The fraction of sp³-hybridized carbons (Fsp3) is 0.167. The first kappa shape index (κ1) is 14.5. The van der Waals surface area contributed by atoms with E-state index in [2.05, 4.69) is 14.7 Å². The van der Waals surface area contributed by atoms with Crippen LogP contribution in [0.15, 0.2) is 27.7 Å². The number of carbonyl (C=O) groups excluding carboxylic acids is 1. The number of aromatic nitrogens is 2. The fourth-order valence-electron chi connectivity index (χ4n) is 1.41. The van der Waals surface area contributed by atoms with Crippen LogP contribution in [0.5, 0.6) is 0 Å². The van der Waals surface area contributed by atoms with Crippen molar-refractivity contribution in [2.75, 3.05) is 7.11 Å². The minimum Gasteiger partial charge on any atom is -0.477 e. The van der Waals surface area contributed by atoms with Gasteiger partial charge in [-0.2, -0.15) is 0 Å². The first-order valence-electron chi connectivity index (χ1n) is 5.44. The number of hydrogen-bond donors (Lipinski definition) is 1. The molecule has 0 aliphatic rings. The summed E-state index contributed by atoms with van der Waals surface area (Å²) >= 11 is 2.29. The molecule has 0 saturated heterocycles. The molecule has 2 aromatic heterocycles. The Bertz CT molecular complexity index is 669. The SMILES string of the molecule is COC(=O)c1ccnc(Sc2nc(C)c(C(=O)O)s2)c1. The van der Waals surface area contributed by atoms with Crippen LogP contribution in [0.25, 0.3) is 0 Å². The smallest absolute Gasteiger partial charge is 0.347 e. The maximum atomic E-state index is 11.4. The van der Waals surface area contributed by atoms with Crippen LogP contribution in [0.2, 0.25) is 0 Å². The molecule has 0 saturated carbocycles. The molecule has 6 nitrogen and oxygen atoms in total. The average Bonchev–Trinajstić information content (AvgIpc) is 2.79. The van der Waals surface area contributed by atoms with Gasteiger partial charge in [-0.1, -0.05) is 11.3 Å². The highest BCUT2D eigenvalue weighted by Gasteiger charge is 2.15. The molecule has 2 rings (SSSR count). The summed E-state index contributed by atoms with van der Waals surface area (Å²) in [7, 11) is 1.30. The van der Waals surface area contributed by atoms with Crippen LogP contribution in [0, 0.1) is 6.92 Å². The van der Waals surface area contributed by atoms with Crippen molar-refractivity contribution in [3.8, 4) is 0 Å². The van der Waals surface area contributed by atoms with Crippen molar-refractivity contribution in [3.05, 3.63) is 34.5 Å². The highest BCUT2D eigenvalue weighted by molar-refractivity contribution is 8.01. The number of hydrogen-bond acceptors (Lipinski definition) is 7. The van der Waals surface area contributed by atoms with Gasteiger partial charge in [0, 0.05) is 6.20 Å². The highest BCUT2D eigenvalue weighted by Crippen LogP contribution is 2.32. The van der Waals surface area contributed by atoms with Crippen molar-refractivity contribution in [1.82, 2.24) is 9.97 Å². The quantitative estimate of drug-likeness (QED) is 0.868. The molecule has 0 bridgehead atoms. The maximum absolute atomic E-state index is 11.4. The molecule has 0 spiro atoms. The molecule has 0 aromatic carbocycles. The van der Waals surface area contributed by atoms with Gasteiger partial charge in [-0.05, 0) is 30.8 Å². The van der Waals surface area contributed by atoms with E-state index in [0.29, 0.717) is 20.6 Å². The number of aryl methyl sites for hydroxylation is 1. The molecule has 2 aromatic rings. The van der Waals surface area contributed by atoms with E-state index >= 15 is 0 Å². The van der Waals surface area contributed by atoms with Crippen molar-refractivity contribution in [1.29, 1.82) is 0 Å². The molecular weight excluding hydrogens is 300 g/mol. The first-order chi connectivity index (χ1) is 9.51. The third-order valence-electron chi connectivity index (χ3n) is 2.32. The van der Waals surface area contributed by atoms with E-state index in [0.717, 1.165) is 11.3 Å². The van der Waals surface area contributed by atoms with E-state index in [-0.39, 0.29) is 4.88 Å². The number of ether oxygens (including phenoxy) is 1. The van der Waals surface area contributed by atoms with Gasteiger partial charge in [-0.15, -0.1) is 0 Å². The third kappa shape index (κ3) is 3.14. The minimum atomic E-state index is -0.997. The Labute approximate surface area is 122 Å². The Balaban J connectivity index is 2.24. The van der Waals surface area contributed by atoms with E-state index in [1.165, 1.54) is 25.1 Å². The Hall–Kier alpha value is -1.93. The lowest BCUT2D eigenvalue weighted by Crippen LogP contribution is -2.01. The number of pyridine rings is 1. The molecular formula is C12H10N2O4S2. The first-order valence-corrected chi connectivity index (χ1v) is 7.07. The van der Waals surface area contributed by atoms with Gasteiger partial charge >= 0.3 is 11.9 Å². The minimum absolute atomic E-state index is 0.205. The molecule has 0 aliphatic heterocycles. The van der Waals surface area contributed by atoms with Gasteiger partial charge in [0.1, 0.15) is 9.90 Å². The average molecular weight is 310 g/mol. The summed E-state index contributed by atoms with van der Waals surface area (Å²) in [5.41, 5.74) is 0.853. The van der Waals surface area contributed by atoms with Crippen molar-refractivity contribution >= 4 is 35.0 Å². The second-order valence-corrected chi connectivity index (χ2v) is 5.94. The molecule has 2 heterocycles. The number of aromatic carboxylic acids is 1. The molecule has 0 unspecified atom stereocenters. The lowest BCUT2D eigenvalue weighted by molar-refractivity contribution is 0.0599. The van der Waals surface area contributed by atoms with E-state index in [1.807, 2.05) is 0 Å². The summed E-state index contributed by atoms with van der Waals surface area (Å²) in [6.07, 6.45) is 1.49. The van der Waals surface area contributed by atoms with Gasteiger partial charge in [0.05, 0.1) is 18.4 Å². The standard InChI is InChI=1S/C12H10N2O4S2/c1-6-9(10(15)16)20-12(14-6)19-8-5-7(3-4-13-8)11(17)18-2/h3-5H,1-2H3,(H,15,16). The van der Waals surface area contributed by atoms with Crippen LogP contribution in [-0.4, -0.2) is 34.1 Å². The Kier molecular flexibility index (Phi) is 4.35. The number of rotatable bonds is 4. The fourth-order valence-corrected chi connectivity index (χ4v) is 3.38. The van der Waals surface area contributed by atoms with Gasteiger partial charge in [0.2, 0.25) is 0 Å². The Morgan fingerprint density at radius 2 is 2.20 bits per heavy atom. The molecule has 1 N–H and O–H groups in total. The van der Waals surface area contributed by atoms with Crippen LogP contribution < -0.4 is 0 Å². The normalized spacial score (nSPS) is 10.3. The number of methoxy groups -OCH3 is 1. The van der Waals surface area contributed by atoms with Crippen molar-refractivity contribution < 1.29 is 19.4 Å². The highest BCUT2D eigenvalue weighted by atomic mass is 32.2. The molecule has 0 radical (unpaired) electrons. The summed E-state index contributed by atoms with van der Waals surface area (Å²) in [5.74, 6) is -1.45. The summed E-state index contributed by atoms with van der Waals surface area (Å²) < 4.78 is 5.19. The number of esters is 1. The zero-order valence-corrected chi connectivity index (χ0v) is 12.2. The van der Waals surface area contributed by atoms with E-state index in [9.17, 15) is 9.59 Å². The molecule has 0 aliphatic carbocycles. The molecule has 104 valence electrons.